The lowest BCUT2D eigenvalue weighted by atomic mass is 9.53. The number of anilines is 1. The molecule has 2 N–H and O–H groups in total. The first-order valence-electron chi connectivity index (χ1n) is 20.5. The molecule has 7 aromatic rings. The van der Waals surface area contributed by atoms with Crippen LogP contribution in [-0.4, -0.2) is 59.6 Å². The Morgan fingerprint density at radius 1 is 0.906 bits per heavy atom. The fraction of sp³-hybridized carbons (Fsp3) is 0.234. The zero-order valence-corrected chi connectivity index (χ0v) is 35.4. The Hall–Kier alpha value is -7.46. The number of nitrogens with zero attached hydrogens (tertiary/aromatic N) is 6. The fourth-order valence-electron chi connectivity index (χ4n) is 10.1. The van der Waals surface area contributed by atoms with Gasteiger partial charge in [-0.15, -0.1) is 0 Å². The predicted octanol–water partition coefficient (Wildman–Crippen LogP) is 5.59. The molecule has 4 atom stereocenters. The molecule has 0 bridgehead atoms. The van der Waals surface area contributed by atoms with Gasteiger partial charge in [-0.1, -0.05) is 66.2 Å². The molecule has 5 aromatic carbocycles. The lowest BCUT2D eigenvalue weighted by Crippen LogP contribution is -2.53. The number of carbonyl (C=O) groups is 2. The normalized spacial score (nSPS) is 20.2. The number of benzene rings is 5. The molecule has 2 fully saturated rings. The van der Waals surface area contributed by atoms with Crippen molar-refractivity contribution in [2.24, 2.45) is 13.0 Å². The molecule has 4 unspecified atom stereocenters. The first kappa shape index (κ1) is 40.6. The van der Waals surface area contributed by atoms with Gasteiger partial charge >= 0.3 is 11.4 Å². The van der Waals surface area contributed by atoms with E-state index in [1.807, 2.05) is 18.2 Å². The SMILES string of the molecule is COc1cc2nc(CCn3c(=O)n4n(c3=O)C3CC5C(=O)N(Nc6ccc(F)cc6)C(=O)C5(c5ccc(Cl)cc5)C(c5ccc6ccccc6c5O)C3=CC4)c(=O)n(C)c2cc1OC. The summed E-state index contributed by atoms with van der Waals surface area (Å²) in [6.45, 7) is -0.288. The number of amides is 2. The van der Waals surface area contributed by atoms with Gasteiger partial charge in [-0.3, -0.25) is 19.8 Å². The van der Waals surface area contributed by atoms with Gasteiger partial charge < -0.3 is 19.1 Å². The summed E-state index contributed by atoms with van der Waals surface area (Å²) in [6, 6.07) is 24.9. The van der Waals surface area contributed by atoms with Gasteiger partial charge in [0.05, 0.1) is 54.9 Å². The van der Waals surface area contributed by atoms with E-state index in [2.05, 4.69) is 10.4 Å². The van der Waals surface area contributed by atoms with Crippen molar-refractivity contribution >= 4 is 50.9 Å². The minimum absolute atomic E-state index is 0.0754. The third kappa shape index (κ3) is 5.92. The molecule has 0 spiro atoms. The molecule has 324 valence electrons. The van der Waals surface area contributed by atoms with Crippen LogP contribution in [0, 0.1) is 11.7 Å². The third-order valence-corrected chi connectivity index (χ3v) is 13.3. The maximum absolute atomic E-state index is 15.5. The number of phenolic OH excluding ortho intramolecular Hbond substituents is 1. The van der Waals surface area contributed by atoms with Crippen LogP contribution in [0.4, 0.5) is 10.1 Å². The number of rotatable bonds is 9. The molecule has 1 saturated carbocycles. The lowest BCUT2D eigenvalue weighted by Gasteiger charge is -2.49. The summed E-state index contributed by atoms with van der Waals surface area (Å²) >= 11 is 6.42. The standard InChI is InChI=1S/C47H39ClFN7O8/c1-52-37-24-39(64-3)38(63-2)23-35(37)50-34(43(52)59)19-20-53-45(61)54-21-18-31-36(56(54)46(53)62)22-33-42(58)55(51-29-15-13-28(49)14-16-29)44(60)47(33,26-9-11-27(48)12-10-26)40(31)32-17-8-25-6-4-5-7-30(25)41(32)57/h4-18,23-24,33,36,40,51,57H,19-22H2,1-3H3. The molecule has 10 rings (SSSR count). The Kier molecular flexibility index (Phi) is 9.59. The number of ether oxygens (including phenoxy) is 2. The molecule has 64 heavy (non-hydrogen) atoms. The molecule has 15 nitrogen and oxygen atoms in total. The van der Waals surface area contributed by atoms with Crippen molar-refractivity contribution in [1.82, 2.24) is 28.5 Å². The van der Waals surface area contributed by atoms with Crippen molar-refractivity contribution in [3.63, 3.8) is 0 Å². The number of halogens is 2. The molecule has 0 radical (unpaired) electrons. The quantitative estimate of drug-likeness (QED) is 0.138. The van der Waals surface area contributed by atoms with Gasteiger partial charge in [-0.25, -0.2) is 32.9 Å². The number of fused-ring (bicyclic) bond motifs is 6. The van der Waals surface area contributed by atoms with Gasteiger partial charge in [0.25, 0.3) is 17.4 Å². The molecular weight excluding hydrogens is 845 g/mol. The van der Waals surface area contributed by atoms with Crippen molar-refractivity contribution in [3.8, 4) is 17.2 Å². The smallest absolute Gasteiger partial charge is 0.347 e. The Balaban J connectivity index is 1.12. The van der Waals surface area contributed by atoms with E-state index < -0.39 is 57.9 Å². The maximum Gasteiger partial charge on any atom is 0.347 e. The summed E-state index contributed by atoms with van der Waals surface area (Å²) in [4.78, 5) is 77.8. The van der Waals surface area contributed by atoms with Crippen molar-refractivity contribution < 1.29 is 28.6 Å². The van der Waals surface area contributed by atoms with Gasteiger partial charge in [0.1, 0.15) is 17.3 Å². The predicted molar refractivity (Wildman–Crippen MR) is 235 cm³/mol. The highest BCUT2D eigenvalue weighted by Crippen LogP contribution is 2.63. The largest absolute Gasteiger partial charge is 0.507 e. The van der Waals surface area contributed by atoms with E-state index >= 15 is 9.59 Å². The molecule has 3 aliphatic rings. The zero-order chi connectivity index (χ0) is 44.8. The minimum Gasteiger partial charge on any atom is -0.507 e. The highest BCUT2D eigenvalue weighted by molar-refractivity contribution is 6.30. The number of imide groups is 1. The van der Waals surface area contributed by atoms with E-state index in [9.17, 15) is 23.9 Å². The lowest BCUT2D eigenvalue weighted by molar-refractivity contribution is -0.138. The third-order valence-electron chi connectivity index (χ3n) is 13.1. The number of methoxy groups -OCH3 is 2. The number of phenols is 1. The number of hydrogen-bond acceptors (Lipinski definition) is 10. The van der Waals surface area contributed by atoms with Gasteiger partial charge in [-0.05, 0) is 59.3 Å². The molecule has 2 aromatic heterocycles. The van der Waals surface area contributed by atoms with Crippen LogP contribution in [0.5, 0.6) is 17.2 Å². The van der Waals surface area contributed by atoms with Crippen molar-refractivity contribution in [1.29, 1.82) is 0 Å². The van der Waals surface area contributed by atoms with Gasteiger partial charge in [-0.2, -0.15) is 5.01 Å². The van der Waals surface area contributed by atoms with E-state index in [1.165, 1.54) is 52.4 Å². The molecule has 4 heterocycles. The topological polar surface area (TPSA) is 172 Å². The van der Waals surface area contributed by atoms with Crippen LogP contribution in [-0.2, 0) is 41.6 Å². The van der Waals surface area contributed by atoms with Gasteiger partial charge in [0, 0.05) is 54.0 Å². The minimum atomic E-state index is -1.72. The number of aromatic nitrogens is 5. The van der Waals surface area contributed by atoms with Gasteiger partial charge in [0.2, 0.25) is 0 Å². The second-order valence-electron chi connectivity index (χ2n) is 16.2. The van der Waals surface area contributed by atoms with Crippen molar-refractivity contribution in [2.75, 3.05) is 19.6 Å². The van der Waals surface area contributed by atoms with E-state index in [0.29, 0.717) is 49.6 Å². The van der Waals surface area contributed by atoms with Crippen molar-refractivity contribution in [2.45, 2.75) is 43.3 Å². The van der Waals surface area contributed by atoms with Gasteiger partial charge in [0.15, 0.2) is 11.5 Å². The highest BCUT2D eigenvalue weighted by atomic mass is 35.5. The molecular formula is C47H39ClFN7O8. The second kappa shape index (κ2) is 15.1. The highest BCUT2D eigenvalue weighted by Gasteiger charge is 2.69. The van der Waals surface area contributed by atoms with E-state index in [1.54, 1.807) is 67.7 Å². The number of aryl methyl sites for hydroxylation is 2. The fourth-order valence-corrected chi connectivity index (χ4v) is 10.2. The van der Waals surface area contributed by atoms with Crippen LogP contribution in [0.25, 0.3) is 21.8 Å². The van der Waals surface area contributed by atoms with Crippen LogP contribution < -0.4 is 31.8 Å². The Labute approximate surface area is 367 Å². The molecule has 17 heteroatoms. The summed E-state index contributed by atoms with van der Waals surface area (Å²) in [5, 5.41) is 14.8. The first-order chi connectivity index (χ1) is 30.9. The zero-order valence-electron chi connectivity index (χ0n) is 34.6. The van der Waals surface area contributed by atoms with Crippen LogP contribution >= 0.6 is 11.6 Å². The second-order valence-corrected chi connectivity index (χ2v) is 16.6. The molecule has 1 aliphatic carbocycles. The average Bonchev–Trinajstić information content (AvgIpc) is 3.67. The number of carbonyl (C=O) groups excluding carboxylic acids is 2. The molecule has 2 aliphatic heterocycles. The van der Waals surface area contributed by atoms with Crippen molar-refractivity contribution in [3.05, 3.63) is 168 Å². The number of hydrazine groups is 1. The summed E-state index contributed by atoms with van der Waals surface area (Å²) in [7, 11) is 4.56. The number of aromatic hydroxyl groups is 1. The van der Waals surface area contributed by atoms with E-state index in [0.717, 1.165) is 15.0 Å². The summed E-state index contributed by atoms with van der Waals surface area (Å²) in [5.74, 6) is -3.33. The molecule has 1 saturated heterocycles. The monoisotopic (exact) mass is 883 g/mol. The Morgan fingerprint density at radius 2 is 1.62 bits per heavy atom. The van der Waals surface area contributed by atoms with Crippen LogP contribution in [0.1, 0.15) is 35.2 Å². The number of hydrogen-bond donors (Lipinski definition) is 2. The van der Waals surface area contributed by atoms with Crippen LogP contribution in [0.3, 0.4) is 0 Å². The number of allylic oxidation sites excluding steroid dienone is 2. The maximum atomic E-state index is 15.5. The Morgan fingerprint density at radius 3 is 2.36 bits per heavy atom. The molecule has 2 amide bonds. The first-order valence-corrected chi connectivity index (χ1v) is 20.9. The van der Waals surface area contributed by atoms with Crippen LogP contribution in [0.15, 0.2) is 123 Å². The Bertz CT molecular complexity index is 3320. The summed E-state index contributed by atoms with van der Waals surface area (Å²) in [6.07, 6.45) is 1.61. The average molecular weight is 884 g/mol. The summed E-state index contributed by atoms with van der Waals surface area (Å²) < 4.78 is 30.0. The summed E-state index contributed by atoms with van der Waals surface area (Å²) in [5.41, 5.74) is 2.06. The van der Waals surface area contributed by atoms with E-state index in [-0.39, 0.29) is 43.1 Å². The van der Waals surface area contributed by atoms with E-state index in [4.69, 9.17) is 21.1 Å². The number of nitrogens with one attached hydrogen (secondary N) is 1. The van der Waals surface area contributed by atoms with Crippen LogP contribution in [0.2, 0.25) is 5.02 Å².